The van der Waals surface area contributed by atoms with E-state index in [0.29, 0.717) is 12.0 Å². The molecule has 2 atom stereocenters. The Morgan fingerprint density at radius 2 is 1.88 bits per heavy atom. The van der Waals surface area contributed by atoms with Crippen LogP contribution in [0, 0.1) is 16.0 Å². The molecule has 1 saturated carbocycles. The lowest BCUT2D eigenvalue weighted by molar-refractivity contribution is -0.384. The number of fused-ring (bicyclic) bond motifs is 2. The summed E-state index contributed by atoms with van der Waals surface area (Å²) < 4.78 is 0. The van der Waals surface area contributed by atoms with Crippen LogP contribution in [0.4, 0.5) is 11.4 Å². The van der Waals surface area contributed by atoms with Gasteiger partial charge < -0.3 is 4.90 Å². The van der Waals surface area contributed by atoms with Crippen molar-refractivity contribution in [1.82, 2.24) is 0 Å². The Hall–Kier alpha value is -2.36. The van der Waals surface area contributed by atoms with E-state index in [0.717, 1.165) is 18.5 Å². The van der Waals surface area contributed by atoms with E-state index in [4.69, 9.17) is 0 Å². The molecule has 0 amide bonds. The molecule has 0 saturated heterocycles. The first kappa shape index (κ1) is 15.2. The Bertz CT molecular complexity index is 745. The van der Waals surface area contributed by atoms with E-state index in [2.05, 4.69) is 29.2 Å². The number of non-ortho nitro benzene ring substituents is 1. The van der Waals surface area contributed by atoms with E-state index in [1.165, 1.54) is 36.9 Å². The Labute approximate surface area is 142 Å². The third kappa shape index (κ3) is 2.77. The van der Waals surface area contributed by atoms with Gasteiger partial charge in [0.25, 0.3) is 5.69 Å². The fourth-order valence-electron chi connectivity index (χ4n) is 4.41. The van der Waals surface area contributed by atoms with Gasteiger partial charge in [0.2, 0.25) is 0 Å². The van der Waals surface area contributed by atoms with Gasteiger partial charge in [-0.05, 0) is 42.4 Å². The van der Waals surface area contributed by atoms with Crippen molar-refractivity contribution in [3.8, 4) is 0 Å². The summed E-state index contributed by atoms with van der Waals surface area (Å²) in [6, 6.07) is 16.5. The van der Waals surface area contributed by atoms with Crippen molar-refractivity contribution in [2.24, 2.45) is 5.92 Å². The second kappa shape index (κ2) is 6.27. The van der Waals surface area contributed by atoms with Crippen molar-refractivity contribution in [3.05, 3.63) is 69.8 Å². The molecule has 4 rings (SSSR count). The molecule has 0 unspecified atom stereocenters. The topological polar surface area (TPSA) is 46.4 Å². The quantitative estimate of drug-likeness (QED) is 0.607. The molecule has 0 radical (unpaired) electrons. The maximum absolute atomic E-state index is 11.1. The smallest absolute Gasteiger partial charge is 0.269 e. The normalized spacial score (nSPS) is 22.6. The first-order chi connectivity index (χ1) is 11.7. The molecule has 4 nitrogen and oxygen atoms in total. The summed E-state index contributed by atoms with van der Waals surface area (Å²) in [6.45, 7) is 0.882. The molecule has 4 heteroatoms. The van der Waals surface area contributed by atoms with Crippen molar-refractivity contribution < 1.29 is 4.92 Å². The van der Waals surface area contributed by atoms with E-state index < -0.39 is 0 Å². The van der Waals surface area contributed by atoms with Gasteiger partial charge in [0.05, 0.1) is 4.92 Å². The average Bonchev–Trinajstić information content (AvgIpc) is 2.62. The predicted octanol–water partition coefficient (Wildman–Crippen LogP) is 4.72. The molecule has 0 N–H and O–H groups in total. The zero-order valence-electron chi connectivity index (χ0n) is 13.7. The van der Waals surface area contributed by atoms with Crippen LogP contribution in [-0.4, -0.2) is 11.0 Å². The van der Waals surface area contributed by atoms with Gasteiger partial charge in [-0.3, -0.25) is 10.1 Å². The first-order valence-corrected chi connectivity index (χ1v) is 8.80. The summed E-state index contributed by atoms with van der Waals surface area (Å²) in [6.07, 6.45) is 6.01. The van der Waals surface area contributed by atoms with Crippen LogP contribution in [0.25, 0.3) is 0 Å². The third-order valence-electron chi connectivity index (χ3n) is 5.53. The highest BCUT2D eigenvalue weighted by Gasteiger charge is 2.36. The summed E-state index contributed by atoms with van der Waals surface area (Å²) in [5.74, 6) is 0.622. The van der Waals surface area contributed by atoms with Crippen LogP contribution in [0.3, 0.4) is 0 Å². The number of nitro benzene ring substituents is 1. The summed E-state index contributed by atoms with van der Waals surface area (Å²) in [4.78, 5) is 13.4. The molecule has 2 aromatic rings. The molecule has 1 fully saturated rings. The van der Waals surface area contributed by atoms with Crippen LogP contribution in [0.5, 0.6) is 0 Å². The van der Waals surface area contributed by atoms with Crippen molar-refractivity contribution in [2.75, 3.05) is 4.90 Å². The number of hydrogen-bond acceptors (Lipinski definition) is 3. The highest BCUT2D eigenvalue weighted by atomic mass is 16.6. The Balaban J connectivity index is 1.73. The lowest BCUT2D eigenvalue weighted by Crippen LogP contribution is -2.46. The predicted molar refractivity (Wildman–Crippen MR) is 95.2 cm³/mol. The largest absolute Gasteiger partial charge is 0.364 e. The highest BCUT2D eigenvalue weighted by Crippen LogP contribution is 2.42. The summed E-state index contributed by atoms with van der Waals surface area (Å²) in [5.41, 5.74) is 3.84. The summed E-state index contributed by atoms with van der Waals surface area (Å²) in [7, 11) is 0. The van der Waals surface area contributed by atoms with Gasteiger partial charge in [-0.25, -0.2) is 0 Å². The number of hydrogen-bond donors (Lipinski definition) is 0. The van der Waals surface area contributed by atoms with Crippen molar-refractivity contribution >= 4 is 11.4 Å². The van der Waals surface area contributed by atoms with Crippen LogP contribution in [0.1, 0.15) is 36.8 Å². The van der Waals surface area contributed by atoms with E-state index in [1.807, 2.05) is 12.1 Å². The van der Waals surface area contributed by atoms with Crippen LogP contribution in [-0.2, 0) is 13.0 Å². The van der Waals surface area contributed by atoms with E-state index in [-0.39, 0.29) is 10.6 Å². The standard InChI is InChI=1S/C20H22N2O2/c23-22(24)18-10-11-20-17(13-18)12-16-8-4-5-9-19(16)21(20)14-15-6-2-1-3-7-15/h1-3,6-7,10-11,13,16,19H,4-5,8-9,12,14H2/t16-,19-/m1/s1. The molecular weight excluding hydrogens is 300 g/mol. The van der Waals surface area contributed by atoms with Gasteiger partial charge in [0.1, 0.15) is 0 Å². The first-order valence-electron chi connectivity index (χ1n) is 8.80. The SMILES string of the molecule is O=[N+]([O-])c1ccc2c(c1)C[C@H]1CCCC[C@H]1N2Cc1ccccc1. The summed E-state index contributed by atoms with van der Waals surface area (Å²) in [5, 5.41) is 11.1. The van der Waals surface area contributed by atoms with Crippen LogP contribution >= 0.6 is 0 Å². The maximum Gasteiger partial charge on any atom is 0.269 e. The van der Waals surface area contributed by atoms with Gasteiger partial charge in [0, 0.05) is 30.4 Å². The molecule has 124 valence electrons. The molecule has 0 aromatic heterocycles. The Kier molecular flexibility index (Phi) is 3.97. The van der Waals surface area contributed by atoms with E-state index in [9.17, 15) is 10.1 Å². The lowest BCUT2D eigenvalue weighted by atomic mass is 9.76. The number of nitrogens with zero attached hydrogens (tertiary/aromatic N) is 2. The van der Waals surface area contributed by atoms with Crippen molar-refractivity contribution in [2.45, 2.75) is 44.7 Å². The van der Waals surface area contributed by atoms with Gasteiger partial charge in [0.15, 0.2) is 0 Å². The molecular formula is C20H22N2O2. The zero-order valence-corrected chi connectivity index (χ0v) is 13.7. The molecule has 1 aliphatic carbocycles. The van der Waals surface area contributed by atoms with E-state index in [1.54, 1.807) is 12.1 Å². The van der Waals surface area contributed by atoms with Crippen LogP contribution in [0.2, 0.25) is 0 Å². The van der Waals surface area contributed by atoms with Gasteiger partial charge >= 0.3 is 0 Å². The number of benzene rings is 2. The molecule has 1 heterocycles. The molecule has 2 aromatic carbocycles. The molecule has 0 spiro atoms. The zero-order chi connectivity index (χ0) is 16.5. The van der Waals surface area contributed by atoms with Crippen molar-refractivity contribution in [1.29, 1.82) is 0 Å². The second-order valence-corrected chi connectivity index (χ2v) is 7.00. The van der Waals surface area contributed by atoms with Crippen LogP contribution in [0.15, 0.2) is 48.5 Å². The Morgan fingerprint density at radius 3 is 2.67 bits per heavy atom. The minimum Gasteiger partial charge on any atom is -0.364 e. The van der Waals surface area contributed by atoms with Gasteiger partial charge in [-0.1, -0.05) is 43.2 Å². The van der Waals surface area contributed by atoms with Crippen LogP contribution < -0.4 is 4.90 Å². The fraction of sp³-hybridized carbons (Fsp3) is 0.400. The lowest BCUT2D eigenvalue weighted by Gasteiger charge is -2.46. The van der Waals surface area contributed by atoms with Gasteiger partial charge in [-0.2, -0.15) is 0 Å². The third-order valence-corrected chi connectivity index (χ3v) is 5.53. The highest BCUT2D eigenvalue weighted by molar-refractivity contribution is 5.61. The molecule has 2 aliphatic rings. The number of anilines is 1. The summed E-state index contributed by atoms with van der Waals surface area (Å²) >= 11 is 0. The molecule has 1 aliphatic heterocycles. The number of rotatable bonds is 3. The van der Waals surface area contributed by atoms with Crippen molar-refractivity contribution in [3.63, 3.8) is 0 Å². The Morgan fingerprint density at radius 1 is 1.08 bits per heavy atom. The minimum atomic E-state index is -0.283. The monoisotopic (exact) mass is 322 g/mol. The van der Waals surface area contributed by atoms with Gasteiger partial charge in [-0.15, -0.1) is 0 Å². The maximum atomic E-state index is 11.1. The van der Waals surface area contributed by atoms with E-state index >= 15 is 0 Å². The molecule has 24 heavy (non-hydrogen) atoms. The minimum absolute atomic E-state index is 0.211. The number of nitro groups is 1. The molecule has 0 bridgehead atoms. The fourth-order valence-corrected chi connectivity index (χ4v) is 4.41. The second-order valence-electron chi connectivity index (χ2n) is 7.00. The average molecular weight is 322 g/mol.